The molecule has 202 valence electrons. The first kappa shape index (κ1) is 26.8. The standard InChI is InChI=1S/C31H30N6O2S/c1-38-27-9-7-25(8-10-27)35-31(40)36(20-24-17-34-30-12-11-28(39-2)15-29(24)30)14-13-26-18-33-21-37(26)19-23-5-3-22(16-32)4-6-23/h3-12,15,17-18,21,34H,13-14,19-20H2,1-2H3,(H,35,40). The number of methoxy groups -OCH3 is 2. The number of hydrogen-bond donors (Lipinski definition) is 2. The van der Waals surface area contributed by atoms with E-state index in [1.807, 2.05) is 85.5 Å². The summed E-state index contributed by atoms with van der Waals surface area (Å²) in [6.07, 6.45) is 6.52. The van der Waals surface area contributed by atoms with Crippen molar-refractivity contribution in [3.05, 3.63) is 108 Å². The van der Waals surface area contributed by atoms with Crippen LogP contribution in [0.15, 0.2) is 85.5 Å². The molecule has 2 N–H and O–H groups in total. The fourth-order valence-electron chi connectivity index (χ4n) is 4.58. The number of aromatic amines is 1. The van der Waals surface area contributed by atoms with E-state index < -0.39 is 0 Å². The molecule has 2 heterocycles. The van der Waals surface area contributed by atoms with Crippen LogP contribution in [0.1, 0.15) is 22.4 Å². The van der Waals surface area contributed by atoms with E-state index in [0.29, 0.717) is 30.3 Å². The smallest absolute Gasteiger partial charge is 0.173 e. The van der Waals surface area contributed by atoms with E-state index in [1.165, 1.54) is 0 Å². The molecule has 0 spiro atoms. The number of benzene rings is 3. The lowest BCUT2D eigenvalue weighted by molar-refractivity contribution is 0.414. The highest BCUT2D eigenvalue weighted by Gasteiger charge is 2.16. The lowest BCUT2D eigenvalue weighted by Crippen LogP contribution is -2.36. The van der Waals surface area contributed by atoms with Gasteiger partial charge in [-0.2, -0.15) is 5.26 Å². The van der Waals surface area contributed by atoms with Crippen molar-refractivity contribution in [3.8, 4) is 17.6 Å². The number of hydrogen-bond acceptors (Lipinski definition) is 5. The molecule has 0 atom stereocenters. The predicted molar refractivity (Wildman–Crippen MR) is 161 cm³/mol. The molecule has 0 radical (unpaired) electrons. The number of H-pyrrole nitrogens is 1. The second-order valence-electron chi connectivity index (χ2n) is 9.38. The SMILES string of the molecule is COc1ccc(NC(=S)N(CCc2cncn2Cc2ccc(C#N)cc2)Cc2c[nH]c3ccc(OC)cc23)cc1. The van der Waals surface area contributed by atoms with Gasteiger partial charge in [0, 0.05) is 60.7 Å². The second kappa shape index (κ2) is 12.4. The first-order valence-corrected chi connectivity index (χ1v) is 13.3. The topological polar surface area (TPSA) is 91.1 Å². The number of anilines is 1. The number of imidazole rings is 1. The largest absolute Gasteiger partial charge is 0.497 e. The van der Waals surface area contributed by atoms with Crippen LogP contribution in [-0.2, 0) is 19.5 Å². The number of aromatic nitrogens is 3. The Labute approximate surface area is 238 Å². The van der Waals surface area contributed by atoms with Gasteiger partial charge >= 0.3 is 0 Å². The van der Waals surface area contributed by atoms with E-state index in [4.69, 9.17) is 27.0 Å². The quantitative estimate of drug-likeness (QED) is 0.214. The van der Waals surface area contributed by atoms with Gasteiger partial charge in [0.15, 0.2) is 5.11 Å². The Bertz CT molecular complexity index is 1630. The maximum absolute atomic E-state index is 9.09. The molecule has 5 aromatic rings. The summed E-state index contributed by atoms with van der Waals surface area (Å²) in [7, 11) is 3.33. The molecule has 0 unspecified atom stereocenters. The second-order valence-corrected chi connectivity index (χ2v) is 9.76. The number of rotatable bonds is 10. The molecule has 2 aromatic heterocycles. The maximum Gasteiger partial charge on any atom is 0.173 e. The highest BCUT2D eigenvalue weighted by atomic mass is 32.1. The highest BCUT2D eigenvalue weighted by Crippen LogP contribution is 2.25. The van der Waals surface area contributed by atoms with E-state index in [2.05, 4.69) is 30.8 Å². The molecule has 0 amide bonds. The van der Waals surface area contributed by atoms with Gasteiger partial charge in [0.2, 0.25) is 0 Å². The Morgan fingerprint density at radius 3 is 2.52 bits per heavy atom. The lowest BCUT2D eigenvalue weighted by Gasteiger charge is -2.26. The fraction of sp³-hybridized carbons (Fsp3) is 0.194. The third-order valence-electron chi connectivity index (χ3n) is 6.84. The molecule has 0 saturated heterocycles. The molecular weight excluding hydrogens is 520 g/mol. The molecule has 0 aliphatic carbocycles. The van der Waals surface area contributed by atoms with Crippen molar-refractivity contribution in [2.75, 3.05) is 26.1 Å². The Kier molecular flexibility index (Phi) is 8.28. The maximum atomic E-state index is 9.09. The van der Waals surface area contributed by atoms with Crippen LogP contribution in [0.3, 0.4) is 0 Å². The summed E-state index contributed by atoms with van der Waals surface area (Å²) in [5.41, 5.74) is 5.92. The Morgan fingerprint density at radius 1 is 1.05 bits per heavy atom. The minimum atomic E-state index is 0.610. The molecule has 40 heavy (non-hydrogen) atoms. The molecule has 0 aliphatic rings. The number of ether oxygens (including phenoxy) is 2. The summed E-state index contributed by atoms with van der Waals surface area (Å²) >= 11 is 5.92. The molecule has 0 saturated carbocycles. The number of nitriles is 1. The van der Waals surface area contributed by atoms with Crippen molar-refractivity contribution in [1.29, 1.82) is 5.26 Å². The molecular formula is C31H30N6O2S. The van der Waals surface area contributed by atoms with Gasteiger partial charge in [-0.25, -0.2) is 4.98 Å². The molecule has 5 rings (SSSR count). The van der Waals surface area contributed by atoms with Crippen molar-refractivity contribution in [2.24, 2.45) is 0 Å². The van der Waals surface area contributed by atoms with Gasteiger partial charge in [-0.05, 0) is 77.9 Å². The first-order chi connectivity index (χ1) is 19.6. The van der Waals surface area contributed by atoms with Crippen LogP contribution in [0.2, 0.25) is 0 Å². The highest BCUT2D eigenvalue weighted by molar-refractivity contribution is 7.80. The molecule has 9 heteroatoms. The van der Waals surface area contributed by atoms with Gasteiger partial charge in [0.05, 0.1) is 32.2 Å². The summed E-state index contributed by atoms with van der Waals surface area (Å²) in [5, 5.41) is 14.2. The average Bonchev–Trinajstić information content (AvgIpc) is 3.61. The van der Waals surface area contributed by atoms with Crippen molar-refractivity contribution in [1.82, 2.24) is 19.4 Å². The van der Waals surface area contributed by atoms with E-state index >= 15 is 0 Å². The van der Waals surface area contributed by atoms with Gasteiger partial charge in [-0.3, -0.25) is 0 Å². The summed E-state index contributed by atoms with van der Waals surface area (Å²) in [4.78, 5) is 9.94. The van der Waals surface area contributed by atoms with Gasteiger partial charge < -0.3 is 29.2 Å². The normalized spacial score (nSPS) is 10.7. The van der Waals surface area contributed by atoms with Crippen LogP contribution < -0.4 is 14.8 Å². The molecule has 3 aromatic carbocycles. The summed E-state index contributed by atoms with van der Waals surface area (Å²) in [5.74, 6) is 1.60. The average molecular weight is 551 g/mol. The van der Waals surface area contributed by atoms with Gasteiger partial charge in [0.1, 0.15) is 11.5 Å². The van der Waals surface area contributed by atoms with Crippen LogP contribution in [0.5, 0.6) is 11.5 Å². The monoisotopic (exact) mass is 550 g/mol. The zero-order valence-corrected chi connectivity index (χ0v) is 23.2. The van der Waals surface area contributed by atoms with E-state index in [1.54, 1.807) is 14.2 Å². The molecule has 0 aliphatic heterocycles. The predicted octanol–water partition coefficient (Wildman–Crippen LogP) is 5.74. The third kappa shape index (κ3) is 6.25. The molecule has 8 nitrogen and oxygen atoms in total. The van der Waals surface area contributed by atoms with Crippen LogP contribution in [-0.4, -0.2) is 45.3 Å². The summed E-state index contributed by atoms with van der Waals surface area (Å²) in [6, 6.07) is 23.5. The van der Waals surface area contributed by atoms with Gasteiger partial charge in [-0.1, -0.05) is 12.1 Å². The van der Waals surface area contributed by atoms with E-state index in [9.17, 15) is 0 Å². The van der Waals surface area contributed by atoms with Crippen molar-refractivity contribution < 1.29 is 9.47 Å². The van der Waals surface area contributed by atoms with E-state index in [-0.39, 0.29) is 0 Å². The number of nitrogens with zero attached hydrogens (tertiary/aromatic N) is 4. The van der Waals surface area contributed by atoms with Crippen LogP contribution in [0, 0.1) is 11.3 Å². The molecule has 0 fully saturated rings. The third-order valence-corrected chi connectivity index (χ3v) is 7.20. The minimum absolute atomic E-state index is 0.610. The number of thiocarbonyl (C=S) groups is 1. The molecule has 0 bridgehead atoms. The van der Waals surface area contributed by atoms with Crippen molar-refractivity contribution in [3.63, 3.8) is 0 Å². The zero-order valence-electron chi connectivity index (χ0n) is 22.4. The van der Waals surface area contributed by atoms with Crippen LogP contribution in [0.25, 0.3) is 10.9 Å². The number of fused-ring (bicyclic) bond motifs is 1. The van der Waals surface area contributed by atoms with Crippen molar-refractivity contribution in [2.45, 2.75) is 19.5 Å². The summed E-state index contributed by atoms with van der Waals surface area (Å²) < 4.78 is 12.9. The van der Waals surface area contributed by atoms with Crippen LogP contribution >= 0.6 is 12.2 Å². The Morgan fingerprint density at radius 2 is 1.80 bits per heavy atom. The van der Waals surface area contributed by atoms with Crippen molar-refractivity contribution >= 4 is 33.9 Å². The summed E-state index contributed by atoms with van der Waals surface area (Å²) in [6.45, 7) is 1.97. The zero-order chi connectivity index (χ0) is 27.9. The van der Waals surface area contributed by atoms with Crippen LogP contribution in [0.4, 0.5) is 5.69 Å². The minimum Gasteiger partial charge on any atom is -0.497 e. The Hall–Kier alpha value is -4.81. The Balaban J connectivity index is 1.35. The van der Waals surface area contributed by atoms with Gasteiger partial charge in [-0.15, -0.1) is 0 Å². The fourth-order valence-corrected chi connectivity index (χ4v) is 4.85. The van der Waals surface area contributed by atoms with Gasteiger partial charge in [0.25, 0.3) is 0 Å². The number of nitrogens with one attached hydrogen (secondary N) is 2. The first-order valence-electron chi connectivity index (χ1n) is 12.9. The lowest BCUT2D eigenvalue weighted by atomic mass is 10.1. The van der Waals surface area contributed by atoms with E-state index in [0.717, 1.165) is 51.3 Å².